The van der Waals surface area contributed by atoms with E-state index in [2.05, 4.69) is 31.9 Å². The van der Waals surface area contributed by atoms with E-state index in [1.54, 1.807) is 0 Å². The van der Waals surface area contributed by atoms with Crippen LogP contribution in [0.3, 0.4) is 0 Å². The van der Waals surface area contributed by atoms with Crippen molar-refractivity contribution < 1.29 is 0 Å². The number of rotatable bonds is 5. The predicted molar refractivity (Wildman–Crippen MR) is 89.5 cm³/mol. The fraction of sp³-hybridized carbons (Fsp3) is 0.625. The summed E-state index contributed by atoms with van der Waals surface area (Å²) in [6.45, 7) is 4.44. The Morgan fingerprint density at radius 3 is 2.80 bits per heavy atom. The normalized spacial score (nSPS) is 15.6. The third kappa shape index (κ3) is 3.11. The third-order valence-corrected chi connectivity index (χ3v) is 4.47. The molecule has 110 valence electrons. The van der Waals surface area contributed by atoms with Crippen LogP contribution >= 0.6 is 12.2 Å². The summed E-state index contributed by atoms with van der Waals surface area (Å²) in [7, 11) is 2.10. The molecule has 20 heavy (non-hydrogen) atoms. The van der Waals surface area contributed by atoms with E-state index in [0.29, 0.717) is 11.0 Å². The van der Waals surface area contributed by atoms with Gasteiger partial charge in [-0.05, 0) is 50.7 Å². The second-order valence-corrected chi connectivity index (χ2v) is 6.23. The van der Waals surface area contributed by atoms with Crippen molar-refractivity contribution >= 4 is 23.0 Å². The van der Waals surface area contributed by atoms with E-state index in [0.717, 1.165) is 30.6 Å². The van der Waals surface area contributed by atoms with Crippen LogP contribution in [0.4, 0.5) is 5.82 Å². The molecule has 0 saturated carbocycles. The molecule has 0 aromatic carbocycles. The Morgan fingerprint density at radius 2 is 2.15 bits per heavy atom. The van der Waals surface area contributed by atoms with Gasteiger partial charge in [0.05, 0.1) is 5.56 Å². The van der Waals surface area contributed by atoms with Crippen molar-refractivity contribution in [3.8, 4) is 0 Å². The van der Waals surface area contributed by atoms with Crippen molar-refractivity contribution in [1.82, 2.24) is 4.98 Å². The predicted octanol–water partition coefficient (Wildman–Crippen LogP) is 3.22. The molecule has 0 radical (unpaired) electrons. The Kier molecular flexibility index (Phi) is 4.97. The largest absolute Gasteiger partial charge is 0.389 e. The average molecular weight is 291 g/mol. The molecule has 1 aliphatic rings. The Balaban J connectivity index is 2.41. The van der Waals surface area contributed by atoms with Crippen molar-refractivity contribution in [3.63, 3.8) is 0 Å². The molecule has 1 unspecified atom stereocenters. The van der Waals surface area contributed by atoms with E-state index >= 15 is 0 Å². The first kappa shape index (κ1) is 15.2. The molecule has 1 aliphatic carbocycles. The maximum Gasteiger partial charge on any atom is 0.139 e. The maximum atomic E-state index is 5.92. The molecule has 1 aromatic heterocycles. The number of anilines is 1. The van der Waals surface area contributed by atoms with Gasteiger partial charge in [0.1, 0.15) is 10.8 Å². The summed E-state index contributed by atoms with van der Waals surface area (Å²) < 4.78 is 0. The molecule has 2 rings (SSSR count). The Morgan fingerprint density at radius 1 is 1.45 bits per heavy atom. The van der Waals surface area contributed by atoms with E-state index in [9.17, 15) is 0 Å². The van der Waals surface area contributed by atoms with Crippen LogP contribution in [0.15, 0.2) is 6.07 Å². The van der Waals surface area contributed by atoms with Gasteiger partial charge in [0, 0.05) is 18.8 Å². The molecule has 2 N–H and O–H groups in total. The fourth-order valence-corrected chi connectivity index (χ4v) is 3.04. The molecule has 0 spiro atoms. The van der Waals surface area contributed by atoms with E-state index in [1.165, 1.54) is 30.5 Å². The van der Waals surface area contributed by atoms with E-state index in [-0.39, 0.29) is 0 Å². The minimum absolute atomic E-state index is 0.447. The number of pyridine rings is 1. The highest BCUT2D eigenvalue weighted by atomic mass is 32.1. The zero-order valence-corrected chi connectivity index (χ0v) is 13.6. The van der Waals surface area contributed by atoms with Crippen molar-refractivity contribution in [2.45, 2.75) is 58.4 Å². The molecule has 0 saturated heterocycles. The summed E-state index contributed by atoms with van der Waals surface area (Å²) in [5, 5.41) is 0. The van der Waals surface area contributed by atoms with Crippen LogP contribution in [0.25, 0.3) is 0 Å². The Hall–Kier alpha value is -1.16. The number of nitrogens with two attached hydrogens (primary N) is 1. The highest BCUT2D eigenvalue weighted by molar-refractivity contribution is 7.80. The van der Waals surface area contributed by atoms with Crippen LogP contribution < -0.4 is 10.6 Å². The van der Waals surface area contributed by atoms with Crippen LogP contribution in [0.2, 0.25) is 0 Å². The SMILES string of the molecule is CCCC(C)N(C)c1nc2c(cc1C(N)=S)CCCC2. The second kappa shape index (κ2) is 6.53. The van der Waals surface area contributed by atoms with Crippen LogP contribution in [0.5, 0.6) is 0 Å². The number of aryl methyl sites for hydroxylation is 2. The zero-order chi connectivity index (χ0) is 14.7. The maximum absolute atomic E-state index is 5.92. The minimum Gasteiger partial charge on any atom is -0.389 e. The third-order valence-electron chi connectivity index (χ3n) is 4.25. The zero-order valence-electron chi connectivity index (χ0n) is 12.8. The van der Waals surface area contributed by atoms with Crippen molar-refractivity contribution in [1.29, 1.82) is 0 Å². The van der Waals surface area contributed by atoms with Gasteiger partial charge in [-0.1, -0.05) is 25.6 Å². The molecule has 0 bridgehead atoms. The minimum atomic E-state index is 0.447. The lowest BCUT2D eigenvalue weighted by Crippen LogP contribution is -2.32. The number of hydrogen-bond acceptors (Lipinski definition) is 3. The average Bonchev–Trinajstić information content (AvgIpc) is 2.45. The molecule has 1 heterocycles. The number of fused-ring (bicyclic) bond motifs is 1. The molecule has 3 nitrogen and oxygen atoms in total. The molecule has 0 amide bonds. The van der Waals surface area contributed by atoms with Gasteiger partial charge < -0.3 is 10.6 Å². The van der Waals surface area contributed by atoms with Gasteiger partial charge in [0.25, 0.3) is 0 Å². The summed E-state index contributed by atoms with van der Waals surface area (Å²) in [6.07, 6.45) is 6.97. The molecule has 0 aliphatic heterocycles. The van der Waals surface area contributed by atoms with Crippen molar-refractivity contribution in [3.05, 3.63) is 22.9 Å². The van der Waals surface area contributed by atoms with Gasteiger partial charge in [0.15, 0.2) is 0 Å². The lowest BCUT2D eigenvalue weighted by molar-refractivity contribution is 0.605. The summed E-state index contributed by atoms with van der Waals surface area (Å²) in [6, 6.07) is 2.62. The number of thiocarbonyl (C=S) groups is 1. The van der Waals surface area contributed by atoms with Crippen molar-refractivity contribution in [2.75, 3.05) is 11.9 Å². The van der Waals surface area contributed by atoms with Gasteiger partial charge in [-0.2, -0.15) is 0 Å². The van der Waals surface area contributed by atoms with Gasteiger partial charge in [-0.3, -0.25) is 0 Å². The molecular formula is C16H25N3S. The first-order chi connectivity index (χ1) is 9.54. The highest BCUT2D eigenvalue weighted by Crippen LogP contribution is 2.27. The van der Waals surface area contributed by atoms with Crippen LogP contribution in [-0.4, -0.2) is 23.1 Å². The Bertz CT molecular complexity index is 499. The van der Waals surface area contributed by atoms with E-state index in [1.807, 2.05) is 0 Å². The van der Waals surface area contributed by atoms with E-state index < -0.39 is 0 Å². The van der Waals surface area contributed by atoms with Gasteiger partial charge >= 0.3 is 0 Å². The quantitative estimate of drug-likeness (QED) is 0.846. The molecule has 0 fully saturated rings. The molecular weight excluding hydrogens is 266 g/mol. The standard InChI is InChI=1S/C16H25N3S/c1-4-7-11(2)19(3)16-13(15(17)20)10-12-8-5-6-9-14(12)18-16/h10-11H,4-9H2,1-3H3,(H2,17,20). The lowest BCUT2D eigenvalue weighted by atomic mass is 9.94. The van der Waals surface area contributed by atoms with Crippen LogP contribution in [-0.2, 0) is 12.8 Å². The first-order valence-corrected chi connectivity index (χ1v) is 8.00. The molecule has 1 atom stereocenters. The fourth-order valence-electron chi connectivity index (χ4n) is 2.89. The summed E-state index contributed by atoms with van der Waals surface area (Å²) in [5.74, 6) is 0.958. The number of aromatic nitrogens is 1. The molecule has 4 heteroatoms. The van der Waals surface area contributed by atoms with Crippen molar-refractivity contribution in [2.24, 2.45) is 5.73 Å². The monoisotopic (exact) mass is 291 g/mol. The highest BCUT2D eigenvalue weighted by Gasteiger charge is 2.20. The summed E-state index contributed by atoms with van der Waals surface area (Å²) in [5.41, 5.74) is 9.43. The smallest absolute Gasteiger partial charge is 0.139 e. The summed E-state index contributed by atoms with van der Waals surface area (Å²) in [4.78, 5) is 7.58. The number of hydrogen-bond donors (Lipinski definition) is 1. The Labute approximate surface area is 127 Å². The van der Waals surface area contributed by atoms with Crippen LogP contribution in [0.1, 0.15) is 56.4 Å². The summed E-state index contributed by atoms with van der Waals surface area (Å²) >= 11 is 5.24. The van der Waals surface area contributed by atoms with E-state index in [4.69, 9.17) is 22.9 Å². The number of nitrogens with zero attached hydrogens (tertiary/aromatic N) is 2. The topological polar surface area (TPSA) is 42.2 Å². The van der Waals surface area contributed by atoms with Gasteiger partial charge in [0.2, 0.25) is 0 Å². The first-order valence-electron chi connectivity index (χ1n) is 7.60. The van der Waals surface area contributed by atoms with Gasteiger partial charge in [-0.25, -0.2) is 4.98 Å². The van der Waals surface area contributed by atoms with Crippen LogP contribution in [0, 0.1) is 0 Å². The second-order valence-electron chi connectivity index (χ2n) is 5.79. The molecule has 1 aromatic rings. The van der Waals surface area contributed by atoms with Gasteiger partial charge in [-0.15, -0.1) is 0 Å². The lowest BCUT2D eigenvalue weighted by Gasteiger charge is -2.29.